The van der Waals surface area contributed by atoms with Crippen LogP contribution in [0.2, 0.25) is 0 Å². The third kappa shape index (κ3) is 3.88. The molecule has 18 heavy (non-hydrogen) atoms. The number of anilines is 2. The van der Waals surface area contributed by atoms with Crippen molar-refractivity contribution in [3.63, 3.8) is 0 Å². The molecule has 4 heteroatoms. The number of pyridine rings is 1. The Kier molecular flexibility index (Phi) is 4.81. The Labute approximate surface area is 110 Å². The number of rotatable bonds is 6. The normalized spacial score (nSPS) is 17.7. The highest BCUT2D eigenvalue weighted by Crippen LogP contribution is 2.13. The van der Waals surface area contributed by atoms with Crippen LogP contribution in [0.5, 0.6) is 0 Å². The SMILES string of the molecule is CNc1cc(NCC(C)CN2CCCC2)ccn1. The van der Waals surface area contributed by atoms with Gasteiger partial charge in [-0.05, 0) is 37.9 Å². The maximum absolute atomic E-state index is 4.21. The van der Waals surface area contributed by atoms with Gasteiger partial charge in [-0.25, -0.2) is 4.98 Å². The van der Waals surface area contributed by atoms with E-state index in [2.05, 4.69) is 27.4 Å². The molecule has 1 fully saturated rings. The highest BCUT2D eigenvalue weighted by molar-refractivity contribution is 5.51. The van der Waals surface area contributed by atoms with Gasteiger partial charge in [-0.3, -0.25) is 0 Å². The largest absolute Gasteiger partial charge is 0.385 e. The first-order chi connectivity index (χ1) is 8.78. The molecule has 1 saturated heterocycles. The van der Waals surface area contributed by atoms with Gasteiger partial charge in [0.15, 0.2) is 0 Å². The summed E-state index contributed by atoms with van der Waals surface area (Å²) in [6, 6.07) is 4.06. The third-order valence-corrected chi connectivity index (χ3v) is 3.44. The summed E-state index contributed by atoms with van der Waals surface area (Å²) < 4.78 is 0. The van der Waals surface area contributed by atoms with Crippen molar-refractivity contribution < 1.29 is 0 Å². The van der Waals surface area contributed by atoms with Crippen LogP contribution in [0, 0.1) is 5.92 Å². The average Bonchev–Trinajstić information content (AvgIpc) is 2.89. The highest BCUT2D eigenvalue weighted by Gasteiger charge is 2.14. The van der Waals surface area contributed by atoms with E-state index in [9.17, 15) is 0 Å². The van der Waals surface area contributed by atoms with Crippen LogP contribution in [0.3, 0.4) is 0 Å². The van der Waals surface area contributed by atoms with Gasteiger partial charge in [-0.2, -0.15) is 0 Å². The van der Waals surface area contributed by atoms with Gasteiger partial charge in [0, 0.05) is 38.1 Å². The van der Waals surface area contributed by atoms with Crippen molar-refractivity contribution >= 4 is 11.5 Å². The summed E-state index contributed by atoms with van der Waals surface area (Å²) in [7, 11) is 1.89. The van der Waals surface area contributed by atoms with Crippen molar-refractivity contribution in [1.29, 1.82) is 0 Å². The standard InChI is InChI=1S/C14H24N4/c1-12(11-18-7-3-4-8-18)10-17-13-5-6-16-14(9-13)15-2/h5-6,9,12H,3-4,7-8,10-11H2,1-2H3,(H2,15,16,17). The molecule has 0 amide bonds. The maximum atomic E-state index is 4.21. The van der Waals surface area contributed by atoms with E-state index >= 15 is 0 Å². The molecule has 2 rings (SSSR count). The summed E-state index contributed by atoms with van der Waals surface area (Å²) in [5.41, 5.74) is 1.14. The van der Waals surface area contributed by atoms with Gasteiger partial charge < -0.3 is 15.5 Å². The second-order valence-electron chi connectivity index (χ2n) is 5.17. The molecule has 2 N–H and O–H groups in total. The lowest BCUT2D eigenvalue weighted by molar-refractivity contribution is 0.294. The molecule has 0 radical (unpaired) electrons. The van der Waals surface area contributed by atoms with Crippen LogP contribution in [0.1, 0.15) is 19.8 Å². The molecule has 100 valence electrons. The van der Waals surface area contributed by atoms with E-state index in [0.717, 1.165) is 18.1 Å². The Hall–Kier alpha value is -1.29. The fraction of sp³-hybridized carbons (Fsp3) is 0.643. The summed E-state index contributed by atoms with van der Waals surface area (Å²) in [5, 5.41) is 6.54. The molecule has 1 unspecified atom stereocenters. The summed E-state index contributed by atoms with van der Waals surface area (Å²) in [5.74, 6) is 1.58. The molecular weight excluding hydrogens is 224 g/mol. The fourth-order valence-electron chi connectivity index (χ4n) is 2.44. The molecule has 0 aliphatic carbocycles. The van der Waals surface area contributed by atoms with Crippen LogP contribution in [0.4, 0.5) is 11.5 Å². The van der Waals surface area contributed by atoms with Crippen LogP contribution < -0.4 is 10.6 Å². The van der Waals surface area contributed by atoms with Gasteiger partial charge in [0.05, 0.1) is 0 Å². The topological polar surface area (TPSA) is 40.2 Å². The molecule has 2 heterocycles. The fourth-order valence-corrected chi connectivity index (χ4v) is 2.44. The Morgan fingerprint density at radius 1 is 1.39 bits per heavy atom. The zero-order valence-corrected chi connectivity index (χ0v) is 11.4. The minimum absolute atomic E-state index is 0.675. The molecule has 0 spiro atoms. The lowest BCUT2D eigenvalue weighted by Gasteiger charge is -2.21. The van der Waals surface area contributed by atoms with Gasteiger partial charge in [-0.15, -0.1) is 0 Å². The first-order valence-corrected chi connectivity index (χ1v) is 6.88. The quantitative estimate of drug-likeness (QED) is 0.810. The highest BCUT2D eigenvalue weighted by atomic mass is 15.1. The van der Waals surface area contributed by atoms with E-state index in [1.165, 1.54) is 32.5 Å². The van der Waals surface area contributed by atoms with Crippen molar-refractivity contribution in [3.8, 4) is 0 Å². The maximum Gasteiger partial charge on any atom is 0.127 e. The van der Waals surface area contributed by atoms with Crippen molar-refractivity contribution in [2.24, 2.45) is 5.92 Å². The zero-order valence-electron chi connectivity index (χ0n) is 11.4. The molecule has 0 aromatic carbocycles. The van der Waals surface area contributed by atoms with Gasteiger partial charge in [0.2, 0.25) is 0 Å². The summed E-state index contributed by atoms with van der Waals surface area (Å²) in [6.45, 7) is 7.10. The second kappa shape index (κ2) is 6.59. The first-order valence-electron chi connectivity index (χ1n) is 6.88. The van der Waals surface area contributed by atoms with Crippen molar-refractivity contribution in [2.45, 2.75) is 19.8 Å². The first kappa shape index (κ1) is 13.1. The molecule has 0 bridgehead atoms. The molecule has 1 aliphatic rings. The van der Waals surface area contributed by atoms with Gasteiger partial charge in [0.25, 0.3) is 0 Å². The Bertz CT molecular complexity index is 361. The number of likely N-dealkylation sites (tertiary alicyclic amines) is 1. The summed E-state index contributed by atoms with van der Waals surface area (Å²) in [4.78, 5) is 6.78. The lowest BCUT2D eigenvalue weighted by Crippen LogP contribution is -2.28. The van der Waals surface area contributed by atoms with Crippen molar-refractivity contribution in [2.75, 3.05) is 43.9 Å². The summed E-state index contributed by atoms with van der Waals surface area (Å²) in [6.07, 6.45) is 4.57. The molecular formula is C14H24N4. The molecule has 1 aliphatic heterocycles. The third-order valence-electron chi connectivity index (χ3n) is 3.44. The lowest BCUT2D eigenvalue weighted by atomic mass is 10.1. The molecule has 4 nitrogen and oxygen atoms in total. The number of nitrogens with one attached hydrogen (secondary N) is 2. The predicted molar refractivity (Wildman–Crippen MR) is 77.1 cm³/mol. The van der Waals surface area contributed by atoms with Gasteiger partial charge >= 0.3 is 0 Å². The van der Waals surface area contributed by atoms with Crippen molar-refractivity contribution in [1.82, 2.24) is 9.88 Å². The number of hydrogen-bond donors (Lipinski definition) is 2. The number of nitrogens with zero attached hydrogens (tertiary/aromatic N) is 2. The molecule has 1 aromatic heterocycles. The second-order valence-corrected chi connectivity index (χ2v) is 5.17. The zero-order chi connectivity index (χ0) is 12.8. The predicted octanol–water partition coefficient (Wildman–Crippen LogP) is 2.27. The summed E-state index contributed by atoms with van der Waals surface area (Å²) >= 11 is 0. The smallest absolute Gasteiger partial charge is 0.127 e. The van der Waals surface area contributed by atoms with E-state index in [4.69, 9.17) is 0 Å². The monoisotopic (exact) mass is 248 g/mol. The van der Waals surface area contributed by atoms with Gasteiger partial charge in [-0.1, -0.05) is 6.92 Å². The van der Waals surface area contributed by atoms with E-state index in [-0.39, 0.29) is 0 Å². The van der Waals surface area contributed by atoms with Crippen LogP contribution in [0.15, 0.2) is 18.3 Å². The van der Waals surface area contributed by atoms with Crippen LogP contribution >= 0.6 is 0 Å². The van der Waals surface area contributed by atoms with E-state index < -0.39 is 0 Å². The van der Waals surface area contributed by atoms with Crippen LogP contribution in [-0.4, -0.2) is 43.1 Å². The minimum atomic E-state index is 0.675. The van der Waals surface area contributed by atoms with Crippen LogP contribution in [-0.2, 0) is 0 Å². The number of hydrogen-bond acceptors (Lipinski definition) is 4. The van der Waals surface area contributed by atoms with E-state index in [1.54, 1.807) is 0 Å². The molecule has 1 atom stereocenters. The minimum Gasteiger partial charge on any atom is -0.385 e. The Morgan fingerprint density at radius 2 is 2.17 bits per heavy atom. The Morgan fingerprint density at radius 3 is 2.89 bits per heavy atom. The van der Waals surface area contributed by atoms with Crippen LogP contribution in [0.25, 0.3) is 0 Å². The van der Waals surface area contributed by atoms with E-state index in [0.29, 0.717) is 5.92 Å². The molecule has 1 aromatic rings. The van der Waals surface area contributed by atoms with Gasteiger partial charge in [0.1, 0.15) is 5.82 Å². The Balaban J connectivity index is 1.75. The average molecular weight is 248 g/mol. The number of aromatic nitrogens is 1. The van der Waals surface area contributed by atoms with E-state index in [1.807, 2.05) is 25.4 Å². The van der Waals surface area contributed by atoms with Crippen molar-refractivity contribution in [3.05, 3.63) is 18.3 Å². The molecule has 0 saturated carbocycles.